The zero-order valence-corrected chi connectivity index (χ0v) is 8.69. The maximum Gasteiger partial charge on any atom is 0.225 e. The molecule has 0 aliphatic rings. The first-order chi connectivity index (χ1) is 7.22. The standard InChI is InChI=1S/C9H2Cl2N4/c10-7-6-5(2-1-3-12)4-13-8(6)15-9(11)14-7/h4H,(H,13,14,15). The Balaban J connectivity index is 2.76. The number of fused-ring (bicyclic) bond motifs is 1. The molecule has 15 heavy (non-hydrogen) atoms. The summed E-state index contributed by atoms with van der Waals surface area (Å²) in [4.78, 5) is 10.6. The van der Waals surface area contributed by atoms with Crippen molar-refractivity contribution >= 4 is 34.2 Å². The number of nitrogens with one attached hydrogen (secondary N) is 1. The smallest absolute Gasteiger partial charge is 0.225 e. The van der Waals surface area contributed by atoms with Crippen LogP contribution in [0.2, 0.25) is 10.4 Å². The van der Waals surface area contributed by atoms with Crippen molar-refractivity contribution in [3.8, 4) is 17.9 Å². The third-order valence-electron chi connectivity index (χ3n) is 1.71. The van der Waals surface area contributed by atoms with Crippen LogP contribution in [0.15, 0.2) is 6.20 Å². The molecule has 0 amide bonds. The van der Waals surface area contributed by atoms with Crippen molar-refractivity contribution in [3.05, 3.63) is 22.2 Å². The van der Waals surface area contributed by atoms with Gasteiger partial charge in [-0.25, -0.2) is 4.98 Å². The van der Waals surface area contributed by atoms with Crippen LogP contribution in [0.5, 0.6) is 0 Å². The summed E-state index contributed by atoms with van der Waals surface area (Å²) in [5, 5.41) is 9.18. The van der Waals surface area contributed by atoms with Gasteiger partial charge in [-0.2, -0.15) is 10.2 Å². The second-order valence-corrected chi connectivity index (χ2v) is 3.27. The monoisotopic (exact) mass is 236 g/mol. The van der Waals surface area contributed by atoms with Gasteiger partial charge in [0, 0.05) is 12.1 Å². The molecule has 0 aromatic carbocycles. The predicted octanol–water partition coefficient (Wildman–Crippen LogP) is 2.14. The third-order valence-corrected chi connectivity index (χ3v) is 2.16. The first-order valence-electron chi connectivity index (χ1n) is 3.82. The average Bonchev–Trinajstić information content (AvgIpc) is 2.58. The van der Waals surface area contributed by atoms with Gasteiger partial charge in [0.15, 0.2) is 6.07 Å². The first kappa shape index (κ1) is 9.79. The van der Waals surface area contributed by atoms with Gasteiger partial charge in [0.25, 0.3) is 0 Å². The van der Waals surface area contributed by atoms with Gasteiger partial charge in [-0.1, -0.05) is 11.6 Å². The van der Waals surface area contributed by atoms with Gasteiger partial charge < -0.3 is 4.98 Å². The Morgan fingerprint density at radius 3 is 2.87 bits per heavy atom. The molecule has 2 heterocycles. The SMILES string of the molecule is N#CC#Cc1c[nH]c2nc(Cl)nc(Cl)c12. The van der Waals surface area contributed by atoms with E-state index >= 15 is 0 Å². The normalized spacial score (nSPS) is 9.40. The fraction of sp³-hybridized carbons (Fsp3) is 0. The molecular weight excluding hydrogens is 235 g/mol. The lowest BCUT2D eigenvalue weighted by molar-refractivity contribution is 1.20. The summed E-state index contributed by atoms with van der Waals surface area (Å²) >= 11 is 11.5. The highest BCUT2D eigenvalue weighted by Crippen LogP contribution is 2.24. The van der Waals surface area contributed by atoms with Gasteiger partial charge in [0.1, 0.15) is 10.8 Å². The average molecular weight is 237 g/mol. The summed E-state index contributed by atoms with van der Waals surface area (Å²) in [5.74, 6) is 4.90. The lowest BCUT2D eigenvalue weighted by Crippen LogP contribution is -1.85. The maximum absolute atomic E-state index is 8.33. The molecule has 0 bridgehead atoms. The molecule has 0 fully saturated rings. The molecule has 2 aromatic heterocycles. The highest BCUT2D eigenvalue weighted by atomic mass is 35.5. The van der Waals surface area contributed by atoms with E-state index in [0.717, 1.165) is 0 Å². The fourth-order valence-electron chi connectivity index (χ4n) is 1.16. The molecule has 4 nitrogen and oxygen atoms in total. The Morgan fingerprint density at radius 2 is 2.13 bits per heavy atom. The van der Waals surface area contributed by atoms with Crippen LogP contribution in [0.4, 0.5) is 0 Å². The van der Waals surface area contributed by atoms with Gasteiger partial charge in [-0.15, -0.1) is 0 Å². The number of nitriles is 1. The second kappa shape index (κ2) is 3.78. The number of aromatic nitrogens is 3. The van der Waals surface area contributed by atoms with Crippen LogP contribution in [0.1, 0.15) is 5.56 Å². The van der Waals surface area contributed by atoms with Crippen molar-refractivity contribution in [2.24, 2.45) is 0 Å². The molecule has 0 unspecified atom stereocenters. The summed E-state index contributed by atoms with van der Waals surface area (Å²) in [7, 11) is 0. The predicted molar refractivity (Wildman–Crippen MR) is 56.4 cm³/mol. The zero-order valence-electron chi connectivity index (χ0n) is 7.17. The number of aromatic amines is 1. The quantitative estimate of drug-likeness (QED) is 0.433. The van der Waals surface area contributed by atoms with E-state index in [-0.39, 0.29) is 10.4 Å². The minimum absolute atomic E-state index is 0.0640. The van der Waals surface area contributed by atoms with Crippen LogP contribution in [0.3, 0.4) is 0 Å². The molecule has 1 N–H and O–H groups in total. The zero-order chi connectivity index (χ0) is 10.8. The molecule has 0 spiro atoms. The number of nitrogens with zero attached hydrogens (tertiary/aromatic N) is 3. The van der Waals surface area contributed by atoms with E-state index in [1.165, 1.54) is 0 Å². The number of rotatable bonds is 0. The molecule has 2 aromatic rings. The highest BCUT2D eigenvalue weighted by molar-refractivity contribution is 6.36. The fourth-order valence-corrected chi connectivity index (χ4v) is 1.64. The molecule has 0 aliphatic heterocycles. The van der Waals surface area contributed by atoms with Gasteiger partial charge in [0.05, 0.1) is 10.9 Å². The Hall–Kier alpha value is -1.75. The molecule has 0 atom stereocenters. The largest absolute Gasteiger partial charge is 0.345 e. The van der Waals surface area contributed by atoms with E-state index in [4.69, 9.17) is 28.5 Å². The molecule has 72 valence electrons. The van der Waals surface area contributed by atoms with Crippen LogP contribution in [-0.2, 0) is 0 Å². The minimum Gasteiger partial charge on any atom is -0.345 e. The Morgan fingerprint density at radius 1 is 1.33 bits per heavy atom. The van der Waals surface area contributed by atoms with Crippen LogP contribution in [0.25, 0.3) is 11.0 Å². The van der Waals surface area contributed by atoms with E-state index in [2.05, 4.69) is 26.8 Å². The lowest BCUT2D eigenvalue weighted by atomic mass is 10.2. The van der Waals surface area contributed by atoms with E-state index in [1.54, 1.807) is 12.3 Å². The number of hydrogen-bond acceptors (Lipinski definition) is 3. The summed E-state index contributed by atoms with van der Waals surface area (Å²) in [5.41, 5.74) is 1.08. The molecular formula is C9H2Cl2N4. The first-order valence-corrected chi connectivity index (χ1v) is 4.58. The summed E-state index contributed by atoms with van der Waals surface area (Å²) in [6.07, 6.45) is 1.60. The van der Waals surface area contributed by atoms with Gasteiger partial charge >= 0.3 is 0 Å². The van der Waals surface area contributed by atoms with Crippen LogP contribution < -0.4 is 0 Å². The van der Waals surface area contributed by atoms with Crippen LogP contribution in [0, 0.1) is 23.2 Å². The van der Waals surface area contributed by atoms with Crippen molar-refractivity contribution in [2.75, 3.05) is 0 Å². The number of hydrogen-bond donors (Lipinski definition) is 1. The molecule has 2 rings (SSSR count). The third kappa shape index (κ3) is 1.73. The van der Waals surface area contributed by atoms with Crippen molar-refractivity contribution in [3.63, 3.8) is 0 Å². The molecule has 0 saturated heterocycles. The van der Waals surface area contributed by atoms with Crippen molar-refractivity contribution in [1.82, 2.24) is 15.0 Å². The Kier molecular flexibility index (Phi) is 2.47. The molecule has 0 saturated carbocycles. The van der Waals surface area contributed by atoms with E-state index in [9.17, 15) is 0 Å². The van der Waals surface area contributed by atoms with Crippen LogP contribution >= 0.6 is 23.2 Å². The summed E-state index contributed by atoms with van der Waals surface area (Å²) in [6.45, 7) is 0. The van der Waals surface area contributed by atoms with Crippen molar-refractivity contribution < 1.29 is 0 Å². The minimum atomic E-state index is 0.0640. The Bertz CT molecular complexity index is 627. The highest BCUT2D eigenvalue weighted by Gasteiger charge is 2.09. The maximum atomic E-state index is 8.33. The van der Waals surface area contributed by atoms with Crippen molar-refractivity contribution in [1.29, 1.82) is 5.26 Å². The Labute approximate surface area is 94.9 Å². The van der Waals surface area contributed by atoms with Crippen LogP contribution in [-0.4, -0.2) is 15.0 Å². The summed E-state index contributed by atoms with van der Waals surface area (Å²) in [6, 6.07) is 1.72. The van der Waals surface area contributed by atoms with Gasteiger partial charge in [0.2, 0.25) is 5.28 Å². The molecule has 6 heteroatoms. The molecule has 0 radical (unpaired) electrons. The van der Waals surface area contributed by atoms with E-state index < -0.39 is 0 Å². The van der Waals surface area contributed by atoms with Crippen molar-refractivity contribution in [2.45, 2.75) is 0 Å². The second-order valence-electron chi connectivity index (χ2n) is 2.57. The number of halogens is 2. The summed E-state index contributed by atoms with van der Waals surface area (Å²) < 4.78 is 0. The topological polar surface area (TPSA) is 65.4 Å². The van der Waals surface area contributed by atoms with Gasteiger partial charge in [-0.3, -0.25) is 0 Å². The van der Waals surface area contributed by atoms with E-state index in [0.29, 0.717) is 16.6 Å². The number of H-pyrrole nitrogens is 1. The lowest BCUT2D eigenvalue weighted by Gasteiger charge is -1.94. The van der Waals surface area contributed by atoms with E-state index in [1.807, 2.05) is 0 Å². The van der Waals surface area contributed by atoms with Gasteiger partial charge in [-0.05, 0) is 17.5 Å². The molecule has 0 aliphatic carbocycles.